The smallest absolute Gasteiger partial charge is 0.242 e. The Morgan fingerprint density at radius 2 is 1.68 bits per heavy atom. The topological polar surface area (TPSA) is 63.9 Å². The quantitative estimate of drug-likeness (QED) is 0.309. The summed E-state index contributed by atoms with van der Waals surface area (Å²) in [5.41, 5.74) is 6.80. The van der Waals surface area contributed by atoms with Crippen molar-refractivity contribution in [2.24, 2.45) is 0 Å². The molecule has 7 heteroatoms. The van der Waals surface area contributed by atoms with Crippen molar-refractivity contribution in [2.75, 3.05) is 13.1 Å². The third-order valence-corrected chi connectivity index (χ3v) is 8.31. The van der Waals surface area contributed by atoms with Crippen molar-refractivity contribution in [3.05, 3.63) is 65.1 Å². The molecule has 3 aromatic heterocycles. The molecule has 0 bridgehead atoms. The largest absolute Gasteiger partial charge is 0.341 e. The highest BCUT2D eigenvalue weighted by Crippen LogP contribution is 2.37. The Hall–Kier alpha value is -3.06. The fourth-order valence-electron chi connectivity index (χ4n) is 4.92. The number of piperidine rings is 1. The van der Waals surface area contributed by atoms with E-state index in [4.69, 9.17) is 4.98 Å². The summed E-state index contributed by atoms with van der Waals surface area (Å²) in [6, 6.07) is 10.8. The number of nitrogens with zero attached hydrogens (tertiary/aromatic N) is 5. The summed E-state index contributed by atoms with van der Waals surface area (Å²) in [6.07, 6.45) is 5.31. The minimum atomic E-state index is 0.0784. The lowest BCUT2D eigenvalue weighted by Gasteiger charge is -2.31. The summed E-state index contributed by atoms with van der Waals surface area (Å²) in [5.74, 6) is 0.523. The fraction of sp³-hybridized carbons (Fsp3) is 0.467. The number of imidazole rings is 1. The number of pyridine rings is 1. The van der Waals surface area contributed by atoms with Crippen molar-refractivity contribution in [1.82, 2.24) is 24.4 Å². The standard InChI is InChI=1S/C30H37N5OS/c1-29(2,3)22-14-21(15-23(16-22)30(4,5)6)28-33-24(18-37-28)20-9-12-34(13-10-20)26(36)17-35-19-32-27-25(35)8-7-11-31-27/h7-8,11,14-16,18-20H,9-10,12-13,17H2,1-6H3. The lowest BCUT2D eigenvalue weighted by molar-refractivity contribution is -0.132. The second-order valence-electron chi connectivity index (χ2n) is 12.3. The van der Waals surface area contributed by atoms with Gasteiger partial charge in [-0.2, -0.15) is 0 Å². The molecule has 1 aliphatic heterocycles. The second kappa shape index (κ2) is 9.67. The van der Waals surface area contributed by atoms with Crippen LogP contribution in [0.2, 0.25) is 0 Å². The van der Waals surface area contributed by atoms with Crippen LogP contribution in [0.15, 0.2) is 48.2 Å². The lowest BCUT2D eigenvalue weighted by atomic mass is 9.79. The van der Waals surface area contributed by atoms with Gasteiger partial charge in [0.1, 0.15) is 11.6 Å². The van der Waals surface area contributed by atoms with Crippen molar-refractivity contribution >= 4 is 28.4 Å². The monoisotopic (exact) mass is 515 g/mol. The Labute approximate surface area is 223 Å². The van der Waals surface area contributed by atoms with Crippen LogP contribution in [0.1, 0.15) is 77.1 Å². The summed E-state index contributed by atoms with van der Waals surface area (Å²) in [4.78, 5) is 28.7. The molecule has 1 fully saturated rings. The van der Waals surface area contributed by atoms with Crippen LogP contribution in [-0.4, -0.2) is 43.4 Å². The van der Waals surface area contributed by atoms with Crippen molar-refractivity contribution < 1.29 is 4.79 Å². The van der Waals surface area contributed by atoms with Gasteiger partial charge in [-0.1, -0.05) is 47.6 Å². The number of hydrogen-bond acceptors (Lipinski definition) is 5. The molecule has 0 aliphatic carbocycles. The first kappa shape index (κ1) is 25.6. The molecule has 0 spiro atoms. The number of carbonyl (C=O) groups excluding carboxylic acids is 1. The van der Waals surface area contributed by atoms with Gasteiger partial charge < -0.3 is 9.47 Å². The third-order valence-electron chi connectivity index (χ3n) is 7.40. The van der Waals surface area contributed by atoms with Gasteiger partial charge >= 0.3 is 0 Å². The van der Waals surface area contributed by atoms with E-state index in [0.29, 0.717) is 18.1 Å². The summed E-state index contributed by atoms with van der Waals surface area (Å²) < 4.78 is 1.89. The first-order valence-electron chi connectivity index (χ1n) is 13.1. The van der Waals surface area contributed by atoms with Gasteiger partial charge in [0.25, 0.3) is 0 Å². The molecule has 1 aliphatic rings. The van der Waals surface area contributed by atoms with E-state index in [-0.39, 0.29) is 16.7 Å². The Balaban J connectivity index is 1.27. The molecule has 1 amide bonds. The van der Waals surface area contributed by atoms with Crippen LogP contribution in [0, 0.1) is 0 Å². The average molecular weight is 516 g/mol. The Morgan fingerprint density at radius 1 is 1.00 bits per heavy atom. The molecule has 1 aromatic carbocycles. The van der Waals surface area contributed by atoms with Crippen LogP contribution in [0.25, 0.3) is 21.7 Å². The van der Waals surface area contributed by atoms with Gasteiger partial charge in [-0.05, 0) is 59.1 Å². The SMILES string of the molecule is CC(C)(C)c1cc(-c2nc(C3CCN(C(=O)Cn4cnc5ncccc54)CC3)cs2)cc(C(C)(C)C)c1. The van der Waals surface area contributed by atoms with Crippen molar-refractivity contribution in [3.8, 4) is 10.6 Å². The predicted molar refractivity (Wildman–Crippen MR) is 151 cm³/mol. The molecule has 6 nitrogen and oxygen atoms in total. The molecule has 4 aromatic rings. The highest BCUT2D eigenvalue weighted by molar-refractivity contribution is 7.13. The summed E-state index contributed by atoms with van der Waals surface area (Å²) in [5, 5.41) is 3.31. The van der Waals surface area contributed by atoms with Crippen LogP contribution in [0.3, 0.4) is 0 Å². The zero-order valence-corrected chi connectivity index (χ0v) is 23.6. The molecule has 0 saturated carbocycles. The van der Waals surface area contributed by atoms with Gasteiger partial charge in [0.2, 0.25) is 5.91 Å². The van der Waals surface area contributed by atoms with Crippen molar-refractivity contribution in [1.29, 1.82) is 0 Å². The third kappa shape index (κ3) is 5.47. The highest BCUT2D eigenvalue weighted by Gasteiger charge is 2.27. The minimum absolute atomic E-state index is 0.0784. The molecule has 0 radical (unpaired) electrons. The molecule has 1 saturated heterocycles. The highest BCUT2D eigenvalue weighted by atomic mass is 32.1. The van der Waals surface area contributed by atoms with Crippen LogP contribution in [-0.2, 0) is 22.2 Å². The van der Waals surface area contributed by atoms with E-state index in [9.17, 15) is 4.79 Å². The molecule has 37 heavy (non-hydrogen) atoms. The van der Waals surface area contributed by atoms with Gasteiger partial charge in [-0.15, -0.1) is 11.3 Å². The zero-order valence-electron chi connectivity index (χ0n) is 22.8. The molecule has 5 rings (SSSR count). The molecular weight excluding hydrogens is 478 g/mol. The van der Waals surface area contributed by atoms with E-state index < -0.39 is 0 Å². The van der Waals surface area contributed by atoms with Crippen molar-refractivity contribution in [3.63, 3.8) is 0 Å². The molecule has 0 unspecified atom stereocenters. The van der Waals surface area contributed by atoms with Gasteiger partial charge in [0.05, 0.1) is 17.5 Å². The second-order valence-corrected chi connectivity index (χ2v) is 13.1. The van der Waals surface area contributed by atoms with Gasteiger partial charge in [-0.3, -0.25) is 4.79 Å². The Bertz CT molecular complexity index is 1380. The number of thiazole rings is 1. The minimum Gasteiger partial charge on any atom is -0.341 e. The van der Waals surface area contributed by atoms with Gasteiger partial charge in [0.15, 0.2) is 5.65 Å². The number of hydrogen-bond donors (Lipinski definition) is 0. The van der Waals surface area contributed by atoms with Gasteiger partial charge in [0, 0.05) is 36.1 Å². The molecular formula is C30H37N5OS. The van der Waals surface area contributed by atoms with Crippen LogP contribution in [0.5, 0.6) is 0 Å². The number of fused-ring (bicyclic) bond motifs is 1. The average Bonchev–Trinajstić information content (AvgIpc) is 3.51. The maximum Gasteiger partial charge on any atom is 0.242 e. The van der Waals surface area contributed by atoms with E-state index in [1.54, 1.807) is 23.9 Å². The number of benzene rings is 1. The number of rotatable bonds is 4. The first-order chi connectivity index (χ1) is 17.5. The van der Waals surface area contributed by atoms with Crippen LogP contribution in [0.4, 0.5) is 0 Å². The van der Waals surface area contributed by atoms with E-state index >= 15 is 0 Å². The van der Waals surface area contributed by atoms with E-state index in [2.05, 4.69) is 75.1 Å². The van der Waals surface area contributed by atoms with E-state index in [0.717, 1.165) is 42.1 Å². The number of likely N-dealkylation sites (tertiary alicyclic amines) is 1. The lowest BCUT2D eigenvalue weighted by Crippen LogP contribution is -2.39. The fourth-order valence-corrected chi connectivity index (χ4v) is 5.81. The summed E-state index contributed by atoms with van der Waals surface area (Å²) in [6.45, 7) is 15.4. The van der Waals surface area contributed by atoms with Crippen LogP contribution >= 0.6 is 11.3 Å². The van der Waals surface area contributed by atoms with Gasteiger partial charge in [-0.25, -0.2) is 15.0 Å². The normalized spacial score (nSPS) is 15.5. The molecule has 0 atom stereocenters. The summed E-state index contributed by atoms with van der Waals surface area (Å²) >= 11 is 1.74. The van der Waals surface area contributed by atoms with E-state index in [1.165, 1.54) is 16.7 Å². The zero-order chi connectivity index (χ0) is 26.4. The Morgan fingerprint density at radius 3 is 2.32 bits per heavy atom. The Kier molecular flexibility index (Phi) is 6.69. The van der Waals surface area contributed by atoms with Crippen molar-refractivity contribution in [2.45, 2.75) is 77.7 Å². The molecule has 194 valence electrons. The first-order valence-corrected chi connectivity index (χ1v) is 14.0. The van der Waals surface area contributed by atoms with E-state index in [1.807, 2.05) is 21.6 Å². The maximum absolute atomic E-state index is 13.0. The predicted octanol–water partition coefficient (Wildman–Crippen LogP) is 6.56. The number of carbonyl (C=O) groups is 1. The summed E-state index contributed by atoms with van der Waals surface area (Å²) in [7, 11) is 0. The van der Waals surface area contributed by atoms with Crippen LogP contribution < -0.4 is 0 Å². The number of amides is 1. The maximum atomic E-state index is 13.0. The molecule has 4 heterocycles. The number of aromatic nitrogens is 4. The molecule has 0 N–H and O–H groups in total.